The summed E-state index contributed by atoms with van der Waals surface area (Å²) in [5.74, 6) is 0.134. The van der Waals surface area contributed by atoms with Gasteiger partial charge in [0.05, 0.1) is 16.6 Å². The van der Waals surface area contributed by atoms with Crippen LogP contribution in [0.4, 0.5) is 5.69 Å². The third-order valence-electron chi connectivity index (χ3n) is 5.31. The van der Waals surface area contributed by atoms with Crippen LogP contribution in [0.25, 0.3) is 0 Å². The van der Waals surface area contributed by atoms with Crippen molar-refractivity contribution in [2.45, 2.75) is 30.2 Å². The van der Waals surface area contributed by atoms with E-state index in [4.69, 9.17) is 0 Å². The largest absolute Gasteiger partial charge is 0.312 e. The van der Waals surface area contributed by atoms with Crippen molar-refractivity contribution < 1.29 is 13.2 Å². The number of carbonyl (C=O) groups excluding carboxylic acids is 1. The normalized spacial score (nSPS) is 17.0. The van der Waals surface area contributed by atoms with E-state index < -0.39 is 16.1 Å². The van der Waals surface area contributed by atoms with Crippen LogP contribution in [-0.2, 0) is 27.7 Å². The molecule has 28 heavy (non-hydrogen) atoms. The summed E-state index contributed by atoms with van der Waals surface area (Å²) in [5.41, 5.74) is 3.78. The Morgan fingerprint density at radius 1 is 1.07 bits per heavy atom. The van der Waals surface area contributed by atoms with E-state index in [1.54, 1.807) is 28.4 Å². The van der Waals surface area contributed by atoms with Gasteiger partial charge in [0.15, 0.2) is 0 Å². The maximum absolute atomic E-state index is 13.3. The molecule has 0 fully saturated rings. The number of amides is 1. The van der Waals surface area contributed by atoms with Crippen LogP contribution >= 0.6 is 22.7 Å². The molecule has 1 N–H and O–H groups in total. The molecule has 3 aromatic rings. The second-order valence-electron chi connectivity index (χ2n) is 7.01. The van der Waals surface area contributed by atoms with E-state index in [1.165, 1.54) is 11.3 Å². The Morgan fingerprint density at radius 2 is 1.89 bits per heavy atom. The molecule has 1 amide bonds. The number of aryl methyl sites for hydroxylation is 1. The number of rotatable bonds is 5. The lowest BCUT2D eigenvalue weighted by Gasteiger charge is -2.26. The summed E-state index contributed by atoms with van der Waals surface area (Å²) in [4.78, 5) is 15.2. The van der Waals surface area contributed by atoms with E-state index in [2.05, 4.69) is 4.72 Å². The van der Waals surface area contributed by atoms with Crippen LogP contribution in [0.2, 0.25) is 0 Å². The minimum Gasteiger partial charge on any atom is -0.312 e. The Labute approximate surface area is 171 Å². The molecule has 0 aliphatic carbocycles. The van der Waals surface area contributed by atoms with E-state index in [0.29, 0.717) is 25.8 Å². The van der Waals surface area contributed by atoms with Gasteiger partial charge in [0.25, 0.3) is 0 Å². The Hall–Kier alpha value is -2.00. The van der Waals surface area contributed by atoms with Crippen LogP contribution < -0.4 is 9.62 Å². The number of hydrogen-bond donors (Lipinski definition) is 1. The topological polar surface area (TPSA) is 66.5 Å². The maximum Gasteiger partial charge on any atom is 0.241 e. The van der Waals surface area contributed by atoms with E-state index >= 15 is 0 Å². The predicted molar refractivity (Wildman–Crippen MR) is 112 cm³/mol. The molecule has 0 bridgehead atoms. The van der Waals surface area contributed by atoms with Gasteiger partial charge in [-0.2, -0.15) is 16.1 Å². The summed E-state index contributed by atoms with van der Waals surface area (Å²) in [6.07, 6.45) is 1.74. The highest BCUT2D eigenvalue weighted by Gasteiger charge is 2.33. The van der Waals surface area contributed by atoms with E-state index in [1.807, 2.05) is 34.3 Å². The van der Waals surface area contributed by atoms with Crippen molar-refractivity contribution in [3.05, 3.63) is 68.0 Å². The summed E-state index contributed by atoms with van der Waals surface area (Å²) in [6.45, 7) is 0.644. The Kier molecular flexibility index (Phi) is 4.39. The quantitative estimate of drug-likeness (QED) is 0.671. The minimum absolute atomic E-state index is 0.134. The average molecular weight is 431 g/mol. The van der Waals surface area contributed by atoms with Gasteiger partial charge in [0, 0.05) is 17.8 Å². The number of thiophene rings is 2. The van der Waals surface area contributed by atoms with E-state index in [0.717, 1.165) is 27.3 Å². The molecule has 0 unspecified atom stereocenters. The van der Waals surface area contributed by atoms with E-state index in [9.17, 15) is 13.2 Å². The van der Waals surface area contributed by atoms with Crippen molar-refractivity contribution in [1.29, 1.82) is 0 Å². The molecule has 2 aliphatic heterocycles. The lowest BCUT2D eigenvalue weighted by molar-refractivity contribution is -0.118. The molecule has 5 rings (SSSR count). The highest BCUT2D eigenvalue weighted by molar-refractivity contribution is 7.89. The smallest absolute Gasteiger partial charge is 0.241 e. The fraction of sp³-hybridized carbons (Fsp3) is 0.250. The molecule has 5 nitrogen and oxygen atoms in total. The molecule has 2 aliphatic rings. The molecular formula is C20H18N2O3S3. The molecular weight excluding hydrogens is 412 g/mol. The number of carbonyl (C=O) groups is 1. The molecule has 0 spiro atoms. The van der Waals surface area contributed by atoms with Gasteiger partial charge in [-0.25, -0.2) is 8.42 Å². The summed E-state index contributed by atoms with van der Waals surface area (Å²) >= 11 is 3.09. The fourth-order valence-corrected chi connectivity index (χ4v) is 6.86. The Balaban J connectivity index is 1.53. The SMILES string of the molecule is O=C1CCc2cc(S(=O)(=O)N[C@@H](c3ccsc3)c3cccs3)cc3c2N1CC3. The first-order valence-corrected chi connectivity index (χ1v) is 12.4. The fourth-order valence-electron chi connectivity index (χ4n) is 3.99. The zero-order valence-corrected chi connectivity index (χ0v) is 17.4. The number of sulfonamides is 1. The van der Waals surface area contributed by atoms with Gasteiger partial charge < -0.3 is 4.90 Å². The van der Waals surface area contributed by atoms with Gasteiger partial charge in [-0.1, -0.05) is 6.07 Å². The lowest BCUT2D eigenvalue weighted by Crippen LogP contribution is -2.33. The molecule has 2 aromatic heterocycles. The first-order valence-electron chi connectivity index (χ1n) is 9.07. The zero-order valence-electron chi connectivity index (χ0n) is 14.9. The Bertz CT molecular complexity index is 1100. The molecule has 0 saturated heterocycles. The molecule has 4 heterocycles. The van der Waals surface area contributed by atoms with Crippen molar-refractivity contribution in [2.75, 3.05) is 11.4 Å². The van der Waals surface area contributed by atoms with Gasteiger partial charge in [0.1, 0.15) is 0 Å². The van der Waals surface area contributed by atoms with Crippen LogP contribution in [0, 0.1) is 0 Å². The minimum atomic E-state index is -3.71. The van der Waals surface area contributed by atoms with Gasteiger partial charge >= 0.3 is 0 Å². The Morgan fingerprint density at radius 3 is 2.61 bits per heavy atom. The first kappa shape index (κ1) is 18.1. The number of benzene rings is 1. The average Bonchev–Trinajstić information content (AvgIpc) is 3.45. The van der Waals surface area contributed by atoms with Gasteiger partial charge in [-0.05, 0) is 69.9 Å². The number of nitrogens with one attached hydrogen (secondary N) is 1. The second-order valence-corrected chi connectivity index (χ2v) is 10.5. The van der Waals surface area contributed by atoms with Crippen LogP contribution in [-0.4, -0.2) is 20.9 Å². The monoisotopic (exact) mass is 430 g/mol. The predicted octanol–water partition coefficient (Wildman–Crippen LogP) is 3.71. The summed E-state index contributed by atoms with van der Waals surface area (Å²) < 4.78 is 29.5. The summed E-state index contributed by atoms with van der Waals surface area (Å²) in [6, 6.07) is 8.90. The second kappa shape index (κ2) is 6.81. The molecule has 144 valence electrons. The van der Waals surface area contributed by atoms with Crippen molar-refractivity contribution in [1.82, 2.24) is 4.72 Å². The van der Waals surface area contributed by atoms with Crippen LogP contribution in [0.5, 0.6) is 0 Å². The third-order valence-corrected chi connectivity index (χ3v) is 8.35. The van der Waals surface area contributed by atoms with Crippen LogP contribution in [0.1, 0.15) is 34.0 Å². The van der Waals surface area contributed by atoms with Crippen LogP contribution in [0.15, 0.2) is 51.4 Å². The molecule has 1 atom stereocenters. The van der Waals surface area contributed by atoms with E-state index in [-0.39, 0.29) is 10.8 Å². The maximum atomic E-state index is 13.3. The van der Waals surface area contributed by atoms with Crippen molar-refractivity contribution in [3.63, 3.8) is 0 Å². The van der Waals surface area contributed by atoms with Crippen LogP contribution in [0.3, 0.4) is 0 Å². The highest BCUT2D eigenvalue weighted by Crippen LogP contribution is 2.39. The van der Waals surface area contributed by atoms with Gasteiger partial charge in [0.2, 0.25) is 15.9 Å². The zero-order chi connectivity index (χ0) is 19.3. The molecule has 8 heteroatoms. The number of hydrogen-bond acceptors (Lipinski definition) is 5. The van der Waals surface area contributed by atoms with Crippen molar-refractivity contribution >= 4 is 44.3 Å². The molecule has 0 saturated carbocycles. The number of anilines is 1. The third kappa shape index (κ3) is 3.00. The van der Waals surface area contributed by atoms with Crippen molar-refractivity contribution in [2.24, 2.45) is 0 Å². The highest BCUT2D eigenvalue weighted by atomic mass is 32.2. The first-order chi connectivity index (χ1) is 13.5. The van der Waals surface area contributed by atoms with Crippen molar-refractivity contribution in [3.8, 4) is 0 Å². The number of nitrogens with zero attached hydrogens (tertiary/aromatic N) is 1. The molecule has 1 aromatic carbocycles. The summed E-state index contributed by atoms with van der Waals surface area (Å²) in [7, 11) is -3.71. The standard InChI is InChI=1S/C20H18N2O3S3/c23-18-4-3-13-10-16(11-14-5-7-22(18)20(13)14)28(24,25)21-19(15-6-9-26-12-15)17-2-1-8-27-17/h1-2,6,8-12,19,21H,3-5,7H2/t19-/m0/s1. The van der Waals surface area contributed by atoms with Gasteiger partial charge in [-0.3, -0.25) is 4.79 Å². The summed E-state index contributed by atoms with van der Waals surface area (Å²) in [5, 5.41) is 5.88. The van der Waals surface area contributed by atoms with Gasteiger partial charge in [-0.15, -0.1) is 11.3 Å². The molecule has 0 radical (unpaired) electrons. The lowest BCUT2D eigenvalue weighted by atomic mass is 10.00.